The maximum absolute atomic E-state index is 9.40. The number of nitriles is 1. The molecule has 0 unspecified atom stereocenters. The van der Waals surface area contributed by atoms with Crippen LogP contribution in [-0.2, 0) is 13.2 Å². The number of aliphatic hydroxyl groups excluding tert-OH is 1. The van der Waals surface area contributed by atoms with Gasteiger partial charge in [0.25, 0.3) is 0 Å². The van der Waals surface area contributed by atoms with Crippen molar-refractivity contribution in [3.63, 3.8) is 0 Å². The van der Waals surface area contributed by atoms with Gasteiger partial charge in [-0.25, -0.2) is 0 Å². The van der Waals surface area contributed by atoms with E-state index < -0.39 is 0 Å². The maximum atomic E-state index is 9.40. The van der Waals surface area contributed by atoms with Gasteiger partial charge in [-0.05, 0) is 42.3 Å². The fourth-order valence-electron chi connectivity index (χ4n) is 2.01. The van der Waals surface area contributed by atoms with Crippen LogP contribution in [0.4, 0.5) is 0 Å². The van der Waals surface area contributed by atoms with Gasteiger partial charge in [0.2, 0.25) is 0 Å². The summed E-state index contributed by atoms with van der Waals surface area (Å²) in [6.07, 6.45) is 0. The molecule has 0 radical (unpaired) electrons. The normalized spacial score (nSPS) is 10.1. The highest BCUT2D eigenvalue weighted by atomic mass is 79.9. The molecule has 3 nitrogen and oxygen atoms in total. The van der Waals surface area contributed by atoms with Crippen molar-refractivity contribution in [3.05, 3.63) is 63.1 Å². The second-order valence-electron chi connectivity index (χ2n) is 4.47. The molecule has 0 atom stereocenters. The molecular weight excluding hydrogens is 318 g/mol. The summed E-state index contributed by atoms with van der Waals surface area (Å²) < 4.78 is 6.72. The summed E-state index contributed by atoms with van der Waals surface area (Å²) >= 11 is 3.40. The van der Waals surface area contributed by atoms with E-state index in [9.17, 15) is 5.11 Å². The van der Waals surface area contributed by atoms with Crippen molar-refractivity contribution in [2.24, 2.45) is 0 Å². The number of halogens is 1. The van der Waals surface area contributed by atoms with Crippen molar-refractivity contribution in [1.82, 2.24) is 0 Å². The Hall–Kier alpha value is -1.83. The highest BCUT2D eigenvalue weighted by Crippen LogP contribution is 2.28. The van der Waals surface area contributed by atoms with Gasteiger partial charge in [-0.2, -0.15) is 5.26 Å². The van der Waals surface area contributed by atoms with Crippen LogP contribution in [0.2, 0.25) is 0 Å². The second-order valence-corrected chi connectivity index (χ2v) is 5.39. The molecule has 1 N–H and O–H groups in total. The first kappa shape index (κ1) is 14.6. The van der Waals surface area contributed by atoms with Gasteiger partial charge in [0, 0.05) is 10.0 Å². The van der Waals surface area contributed by atoms with Gasteiger partial charge >= 0.3 is 0 Å². The Morgan fingerprint density at radius 1 is 1.30 bits per heavy atom. The fourth-order valence-corrected chi connectivity index (χ4v) is 2.63. The monoisotopic (exact) mass is 331 g/mol. The van der Waals surface area contributed by atoms with Gasteiger partial charge in [-0.3, -0.25) is 0 Å². The van der Waals surface area contributed by atoms with Crippen LogP contribution in [0.5, 0.6) is 5.75 Å². The minimum absolute atomic E-state index is 0.0755. The summed E-state index contributed by atoms with van der Waals surface area (Å²) in [5.41, 5.74) is 3.24. The summed E-state index contributed by atoms with van der Waals surface area (Å²) in [6, 6.07) is 13.2. The molecule has 0 saturated heterocycles. The zero-order valence-electron chi connectivity index (χ0n) is 11.1. The molecular formula is C16H14BrNO2. The van der Waals surface area contributed by atoms with E-state index in [4.69, 9.17) is 10.00 Å². The summed E-state index contributed by atoms with van der Waals surface area (Å²) in [7, 11) is 0. The van der Waals surface area contributed by atoms with Crippen molar-refractivity contribution in [2.45, 2.75) is 20.1 Å². The Bertz CT molecular complexity index is 662. The fraction of sp³-hybridized carbons (Fsp3) is 0.188. The van der Waals surface area contributed by atoms with Crippen molar-refractivity contribution in [2.75, 3.05) is 0 Å². The summed E-state index contributed by atoms with van der Waals surface area (Å²) in [5.74, 6) is 0.693. The van der Waals surface area contributed by atoms with Crippen LogP contribution in [0.25, 0.3) is 0 Å². The topological polar surface area (TPSA) is 53.2 Å². The number of hydrogen-bond acceptors (Lipinski definition) is 3. The molecule has 0 spiro atoms. The largest absolute Gasteiger partial charge is 0.488 e. The molecule has 0 amide bonds. The predicted molar refractivity (Wildman–Crippen MR) is 80.3 cm³/mol. The van der Waals surface area contributed by atoms with Gasteiger partial charge < -0.3 is 9.84 Å². The first-order valence-corrected chi connectivity index (χ1v) is 6.95. The van der Waals surface area contributed by atoms with Crippen LogP contribution in [0.15, 0.2) is 40.9 Å². The first-order valence-electron chi connectivity index (χ1n) is 6.15. The maximum Gasteiger partial charge on any atom is 0.128 e. The molecule has 102 valence electrons. The standard InChI is InChI=1S/C16H14BrNO2/c1-11-5-15(17)7-14(9-19)16(11)20-10-13-4-2-3-12(6-13)8-18/h2-7,19H,9-10H2,1H3. The molecule has 0 fully saturated rings. The second kappa shape index (κ2) is 6.56. The summed E-state index contributed by atoms with van der Waals surface area (Å²) in [4.78, 5) is 0. The van der Waals surface area contributed by atoms with Crippen molar-refractivity contribution >= 4 is 15.9 Å². The smallest absolute Gasteiger partial charge is 0.128 e. The molecule has 2 rings (SSSR count). The van der Waals surface area contributed by atoms with Gasteiger partial charge in [0.1, 0.15) is 12.4 Å². The minimum Gasteiger partial charge on any atom is -0.488 e. The van der Waals surface area contributed by atoms with Crippen molar-refractivity contribution in [1.29, 1.82) is 5.26 Å². The van der Waals surface area contributed by atoms with Crippen molar-refractivity contribution in [3.8, 4) is 11.8 Å². The quantitative estimate of drug-likeness (QED) is 0.929. The molecule has 20 heavy (non-hydrogen) atoms. The van der Waals surface area contributed by atoms with E-state index in [1.165, 1.54) is 0 Å². The zero-order valence-corrected chi connectivity index (χ0v) is 12.6. The van der Waals surface area contributed by atoms with Crippen LogP contribution in [-0.4, -0.2) is 5.11 Å². The number of nitrogens with zero attached hydrogens (tertiary/aromatic N) is 1. The predicted octanol–water partition coefficient (Wildman–Crippen LogP) is 3.70. The van der Waals surface area contributed by atoms with E-state index >= 15 is 0 Å². The van der Waals surface area contributed by atoms with E-state index in [1.807, 2.05) is 31.2 Å². The number of hydrogen-bond donors (Lipinski definition) is 1. The lowest BCUT2D eigenvalue weighted by molar-refractivity contribution is 0.258. The molecule has 0 aliphatic carbocycles. The van der Waals surface area contributed by atoms with Gasteiger partial charge in [0.15, 0.2) is 0 Å². The van der Waals surface area contributed by atoms with Crippen LogP contribution in [0, 0.1) is 18.3 Å². The van der Waals surface area contributed by atoms with E-state index in [2.05, 4.69) is 22.0 Å². The van der Waals surface area contributed by atoms with E-state index in [0.717, 1.165) is 21.2 Å². The number of aryl methyl sites for hydroxylation is 1. The Balaban J connectivity index is 2.20. The highest BCUT2D eigenvalue weighted by Gasteiger charge is 2.09. The molecule has 0 aromatic heterocycles. The average molecular weight is 332 g/mol. The van der Waals surface area contributed by atoms with E-state index in [0.29, 0.717) is 17.9 Å². The van der Waals surface area contributed by atoms with Crippen LogP contribution >= 0.6 is 15.9 Å². The minimum atomic E-state index is -0.0755. The van der Waals surface area contributed by atoms with Crippen LogP contribution < -0.4 is 4.74 Å². The van der Waals surface area contributed by atoms with E-state index in [1.54, 1.807) is 12.1 Å². The molecule has 4 heteroatoms. The van der Waals surface area contributed by atoms with Gasteiger partial charge in [0.05, 0.1) is 18.2 Å². The zero-order chi connectivity index (χ0) is 14.5. The Labute approximate surface area is 126 Å². The third kappa shape index (κ3) is 3.38. The molecule has 0 aliphatic heterocycles. The van der Waals surface area contributed by atoms with Crippen molar-refractivity contribution < 1.29 is 9.84 Å². The number of ether oxygens (including phenoxy) is 1. The molecule has 0 saturated carbocycles. The third-order valence-corrected chi connectivity index (χ3v) is 3.38. The summed E-state index contributed by atoms with van der Waals surface area (Å²) in [5, 5.41) is 18.3. The lowest BCUT2D eigenvalue weighted by atomic mass is 10.1. The van der Waals surface area contributed by atoms with Gasteiger partial charge in [-0.15, -0.1) is 0 Å². The Morgan fingerprint density at radius 3 is 2.80 bits per heavy atom. The number of aliphatic hydroxyl groups is 1. The molecule has 0 bridgehead atoms. The van der Waals surface area contributed by atoms with Crippen LogP contribution in [0.1, 0.15) is 22.3 Å². The third-order valence-electron chi connectivity index (χ3n) is 2.93. The van der Waals surface area contributed by atoms with Crippen LogP contribution in [0.3, 0.4) is 0 Å². The summed E-state index contributed by atoms with van der Waals surface area (Å²) in [6.45, 7) is 2.23. The lowest BCUT2D eigenvalue weighted by Gasteiger charge is -2.14. The number of benzene rings is 2. The first-order chi connectivity index (χ1) is 9.63. The average Bonchev–Trinajstić information content (AvgIpc) is 2.45. The SMILES string of the molecule is Cc1cc(Br)cc(CO)c1OCc1cccc(C#N)c1. The molecule has 2 aromatic rings. The molecule has 2 aromatic carbocycles. The Morgan fingerprint density at radius 2 is 2.10 bits per heavy atom. The highest BCUT2D eigenvalue weighted by molar-refractivity contribution is 9.10. The molecule has 0 aliphatic rings. The van der Waals surface area contributed by atoms with E-state index in [-0.39, 0.29) is 6.61 Å². The van der Waals surface area contributed by atoms with Gasteiger partial charge in [-0.1, -0.05) is 28.1 Å². The molecule has 0 heterocycles. The number of rotatable bonds is 4. The lowest BCUT2D eigenvalue weighted by Crippen LogP contribution is -2.01. The Kier molecular flexibility index (Phi) is 4.78.